The van der Waals surface area contributed by atoms with Crippen LogP contribution in [0.15, 0.2) is 18.2 Å². The molecule has 1 aromatic rings. The summed E-state index contributed by atoms with van der Waals surface area (Å²) < 4.78 is 4.90. The molecular weight excluding hydrogens is 170 g/mol. The van der Waals surface area contributed by atoms with Crippen molar-refractivity contribution in [2.45, 2.75) is 0 Å². The minimum Gasteiger partial charge on any atom is -0.507 e. The van der Waals surface area contributed by atoms with E-state index in [1.54, 1.807) is 6.07 Å². The number of hydrogen-bond acceptors (Lipinski definition) is 4. The lowest BCUT2D eigenvalue weighted by Crippen LogP contribution is -2.13. The first-order valence-corrected chi connectivity index (χ1v) is 3.79. The van der Waals surface area contributed by atoms with Crippen LogP contribution >= 0.6 is 0 Å². The molecule has 0 bridgehead atoms. The number of rotatable bonds is 3. The molecule has 0 heterocycles. The maximum absolute atomic E-state index is 11.2. The van der Waals surface area contributed by atoms with E-state index in [4.69, 9.17) is 10.5 Å². The Hall–Kier alpha value is -1.55. The highest BCUT2D eigenvalue weighted by Crippen LogP contribution is 2.22. The van der Waals surface area contributed by atoms with Crippen LogP contribution in [0, 0.1) is 0 Å². The quantitative estimate of drug-likeness (QED) is 0.667. The van der Waals surface area contributed by atoms with Gasteiger partial charge in [-0.15, -0.1) is 0 Å². The molecular formula is C9H11NO3. The highest BCUT2D eigenvalue weighted by Gasteiger charge is 2.09. The van der Waals surface area contributed by atoms with Crippen LogP contribution in [0.4, 0.5) is 0 Å². The third-order valence-corrected chi connectivity index (χ3v) is 1.69. The van der Waals surface area contributed by atoms with E-state index >= 15 is 0 Å². The molecule has 13 heavy (non-hydrogen) atoms. The fraction of sp³-hybridized carbons (Fsp3) is 0.222. The number of methoxy groups -OCH3 is 1. The second kappa shape index (κ2) is 3.91. The maximum Gasteiger partial charge on any atom is 0.180 e. The molecule has 0 amide bonds. The van der Waals surface area contributed by atoms with E-state index < -0.39 is 0 Å². The van der Waals surface area contributed by atoms with Crippen LogP contribution in [0.1, 0.15) is 10.4 Å². The Labute approximate surface area is 75.9 Å². The molecule has 0 aliphatic carbocycles. The van der Waals surface area contributed by atoms with Gasteiger partial charge in [0, 0.05) is 0 Å². The molecule has 3 N–H and O–H groups in total. The number of ketones is 1. The van der Waals surface area contributed by atoms with Crippen molar-refractivity contribution in [3.05, 3.63) is 23.8 Å². The number of Topliss-reactive ketones (excluding diaryl/α,β-unsaturated/α-hetero) is 1. The van der Waals surface area contributed by atoms with E-state index in [2.05, 4.69) is 0 Å². The lowest BCUT2D eigenvalue weighted by molar-refractivity contribution is 0.0998. The summed E-state index contributed by atoms with van der Waals surface area (Å²) in [6.07, 6.45) is 0. The molecule has 0 fully saturated rings. The SMILES string of the molecule is COc1ccc(O)c(C(=O)CN)c1. The van der Waals surface area contributed by atoms with Gasteiger partial charge in [-0.1, -0.05) is 0 Å². The molecule has 0 aliphatic rings. The van der Waals surface area contributed by atoms with Gasteiger partial charge in [0.25, 0.3) is 0 Å². The number of carbonyl (C=O) groups excluding carboxylic acids is 1. The molecule has 0 saturated carbocycles. The van der Waals surface area contributed by atoms with Crippen molar-refractivity contribution in [3.8, 4) is 11.5 Å². The summed E-state index contributed by atoms with van der Waals surface area (Å²) in [5, 5.41) is 9.30. The molecule has 0 atom stereocenters. The zero-order valence-electron chi connectivity index (χ0n) is 7.28. The van der Waals surface area contributed by atoms with Gasteiger partial charge in [-0.25, -0.2) is 0 Å². The predicted octanol–water partition coefficient (Wildman–Crippen LogP) is 0.542. The van der Waals surface area contributed by atoms with Crippen molar-refractivity contribution in [3.63, 3.8) is 0 Å². The smallest absolute Gasteiger partial charge is 0.180 e. The van der Waals surface area contributed by atoms with Gasteiger partial charge in [0.1, 0.15) is 11.5 Å². The molecule has 70 valence electrons. The van der Waals surface area contributed by atoms with Crippen LogP contribution in [-0.2, 0) is 0 Å². The van der Waals surface area contributed by atoms with Gasteiger partial charge in [-0.05, 0) is 18.2 Å². The van der Waals surface area contributed by atoms with Gasteiger partial charge in [-0.2, -0.15) is 0 Å². The Kier molecular flexibility index (Phi) is 2.87. The number of nitrogens with two attached hydrogens (primary N) is 1. The molecule has 4 nitrogen and oxygen atoms in total. The number of phenolic OH excluding ortho intramolecular Hbond substituents is 1. The maximum atomic E-state index is 11.2. The average Bonchev–Trinajstić information content (AvgIpc) is 2.17. The van der Waals surface area contributed by atoms with Gasteiger partial charge in [0.2, 0.25) is 0 Å². The third kappa shape index (κ3) is 1.97. The van der Waals surface area contributed by atoms with Gasteiger partial charge in [0.15, 0.2) is 5.78 Å². The number of phenols is 1. The largest absolute Gasteiger partial charge is 0.507 e. The van der Waals surface area contributed by atoms with E-state index in [-0.39, 0.29) is 23.6 Å². The van der Waals surface area contributed by atoms with E-state index in [0.29, 0.717) is 5.75 Å². The molecule has 1 aromatic carbocycles. The second-order valence-corrected chi connectivity index (χ2v) is 2.51. The minimum atomic E-state index is -0.309. The van der Waals surface area contributed by atoms with E-state index in [9.17, 15) is 9.90 Å². The normalized spacial score (nSPS) is 9.69. The molecule has 0 spiro atoms. The monoisotopic (exact) mass is 181 g/mol. The molecule has 4 heteroatoms. The third-order valence-electron chi connectivity index (χ3n) is 1.69. The van der Waals surface area contributed by atoms with E-state index in [0.717, 1.165) is 0 Å². The van der Waals surface area contributed by atoms with Crippen molar-refractivity contribution in [2.24, 2.45) is 5.73 Å². The number of ether oxygens (including phenoxy) is 1. The highest BCUT2D eigenvalue weighted by atomic mass is 16.5. The summed E-state index contributed by atoms with van der Waals surface area (Å²) in [5.74, 6) is 0.141. The van der Waals surface area contributed by atoms with Gasteiger partial charge in [-0.3, -0.25) is 4.79 Å². The molecule has 0 aliphatic heterocycles. The number of hydrogen-bond donors (Lipinski definition) is 2. The van der Waals surface area contributed by atoms with Crippen molar-refractivity contribution < 1.29 is 14.6 Å². The Morgan fingerprint density at radius 1 is 1.62 bits per heavy atom. The standard InChI is InChI=1S/C9H11NO3/c1-13-6-2-3-8(11)7(4-6)9(12)5-10/h2-4,11H,5,10H2,1H3. The van der Waals surface area contributed by atoms with Crippen molar-refractivity contribution in [2.75, 3.05) is 13.7 Å². The average molecular weight is 181 g/mol. The van der Waals surface area contributed by atoms with Crippen LogP contribution in [0.5, 0.6) is 11.5 Å². The van der Waals surface area contributed by atoms with Gasteiger partial charge in [0.05, 0.1) is 19.2 Å². The summed E-state index contributed by atoms with van der Waals surface area (Å²) in [4.78, 5) is 11.2. The Morgan fingerprint density at radius 3 is 2.85 bits per heavy atom. The zero-order valence-corrected chi connectivity index (χ0v) is 7.28. The topological polar surface area (TPSA) is 72.5 Å². The number of aromatic hydroxyl groups is 1. The van der Waals surface area contributed by atoms with Crippen LogP contribution < -0.4 is 10.5 Å². The fourth-order valence-electron chi connectivity index (χ4n) is 0.975. The van der Waals surface area contributed by atoms with Crippen LogP contribution in [0.25, 0.3) is 0 Å². The Bertz CT molecular complexity index is 323. The Balaban J connectivity index is 3.11. The first-order valence-electron chi connectivity index (χ1n) is 3.79. The van der Waals surface area contributed by atoms with Crippen LogP contribution in [0.3, 0.4) is 0 Å². The highest BCUT2D eigenvalue weighted by molar-refractivity contribution is 6.00. The zero-order chi connectivity index (χ0) is 9.84. The summed E-state index contributed by atoms with van der Waals surface area (Å²) in [6.45, 7) is -0.124. The van der Waals surface area contributed by atoms with Crippen molar-refractivity contribution in [1.82, 2.24) is 0 Å². The van der Waals surface area contributed by atoms with E-state index in [1.165, 1.54) is 19.2 Å². The first kappa shape index (κ1) is 9.54. The molecule has 0 unspecified atom stereocenters. The fourth-order valence-corrected chi connectivity index (χ4v) is 0.975. The molecule has 1 rings (SSSR count). The number of benzene rings is 1. The Morgan fingerprint density at radius 2 is 2.31 bits per heavy atom. The lowest BCUT2D eigenvalue weighted by Gasteiger charge is -2.04. The van der Waals surface area contributed by atoms with Crippen LogP contribution in [0.2, 0.25) is 0 Å². The van der Waals surface area contributed by atoms with E-state index in [1.807, 2.05) is 0 Å². The molecule has 0 aromatic heterocycles. The summed E-state index contributed by atoms with van der Waals surface area (Å²) in [5.41, 5.74) is 5.36. The molecule has 0 radical (unpaired) electrons. The predicted molar refractivity (Wildman–Crippen MR) is 48.0 cm³/mol. The summed E-state index contributed by atoms with van der Waals surface area (Å²) in [7, 11) is 1.49. The minimum absolute atomic E-state index is 0.0729. The van der Waals surface area contributed by atoms with Gasteiger partial charge >= 0.3 is 0 Å². The van der Waals surface area contributed by atoms with Crippen LogP contribution in [-0.4, -0.2) is 24.5 Å². The van der Waals surface area contributed by atoms with Crippen molar-refractivity contribution in [1.29, 1.82) is 0 Å². The summed E-state index contributed by atoms with van der Waals surface area (Å²) in [6, 6.07) is 4.44. The number of carbonyl (C=O) groups is 1. The second-order valence-electron chi connectivity index (χ2n) is 2.51. The summed E-state index contributed by atoms with van der Waals surface area (Å²) >= 11 is 0. The van der Waals surface area contributed by atoms with Crippen molar-refractivity contribution >= 4 is 5.78 Å². The first-order chi connectivity index (χ1) is 6.19. The van der Waals surface area contributed by atoms with Gasteiger partial charge < -0.3 is 15.6 Å². The lowest BCUT2D eigenvalue weighted by atomic mass is 10.1. The molecule has 0 saturated heterocycles.